The fraction of sp³-hybridized carbons (Fsp3) is 0.250. The van der Waals surface area contributed by atoms with Gasteiger partial charge in [0.05, 0.1) is 12.2 Å². The van der Waals surface area contributed by atoms with Crippen LogP contribution >= 0.6 is 15.9 Å². The topological polar surface area (TPSA) is 81.9 Å². The van der Waals surface area contributed by atoms with Gasteiger partial charge in [0, 0.05) is 17.1 Å². The lowest BCUT2D eigenvalue weighted by Crippen LogP contribution is -2.30. The third-order valence-corrected chi connectivity index (χ3v) is 3.52. The van der Waals surface area contributed by atoms with E-state index < -0.39 is 0 Å². The molecule has 1 aromatic heterocycles. The summed E-state index contributed by atoms with van der Waals surface area (Å²) in [5.41, 5.74) is 9.87. The molecule has 5 nitrogen and oxygen atoms in total. The van der Waals surface area contributed by atoms with Crippen LogP contribution in [0.2, 0.25) is 0 Å². The molecule has 0 saturated heterocycles. The molecule has 1 aromatic carbocycles. The molecule has 0 aliphatic heterocycles. The van der Waals surface area contributed by atoms with Crippen molar-refractivity contribution in [2.75, 3.05) is 5.73 Å². The van der Waals surface area contributed by atoms with Gasteiger partial charge in [-0.3, -0.25) is 16.0 Å². The molecule has 0 radical (unpaired) electrons. The first-order valence-corrected chi connectivity index (χ1v) is 6.49. The molecule has 0 aliphatic carbocycles. The van der Waals surface area contributed by atoms with E-state index >= 15 is 0 Å². The number of aryl methyl sites for hydroxylation is 1. The molecule has 1 unspecified atom stereocenters. The number of anilines is 1. The van der Waals surface area contributed by atoms with E-state index in [2.05, 4.69) is 26.5 Å². The average Bonchev–Trinajstić information content (AvgIpc) is 2.71. The van der Waals surface area contributed by atoms with Crippen LogP contribution in [0.15, 0.2) is 28.9 Å². The van der Waals surface area contributed by atoms with E-state index in [-0.39, 0.29) is 11.9 Å². The Bertz CT molecular complexity index is 583. The van der Waals surface area contributed by atoms with Crippen molar-refractivity contribution < 1.29 is 4.39 Å². The lowest BCUT2D eigenvalue weighted by Gasteiger charge is -2.16. The number of rotatable bonds is 4. The number of nitrogen functional groups attached to an aromatic ring is 1. The highest BCUT2D eigenvalue weighted by Crippen LogP contribution is 2.25. The van der Waals surface area contributed by atoms with E-state index in [0.717, 1.165) is 10.0 Å². The molecule has 0 amide bonds. The van der Waals surface area contributed by atoms with Crippen LogP contribution in [0.4, 0.5) is 10.2 Å². The van der Waals surface area contributed by atoms with E-state index in [9.17, 15) is 4.39 Å². The maximum absolute atomic E-state index is 13.7. The molecule has 102 valence electrons. The van der Waals surface area contributed by atoms with Gasteiger partial charge in [0.15, 0.2) is 0 Å². The van der Waals surface area contributed by atoms with E-state index in [1.807, 2.05) is 0 Å². The minimum absolute atomic E-state index is 0.272. The van der Waals surface area contributed by atoms with Gasteiger partial charge in [-0.1, -0.05) is 15.9 Å². The maximum Gasteiger partial charge on any atom is 0.126 e. The fourth-order valence-corrected chi connectivity index (χ4v) is 2.32. The van der Waals surface area contributed by atoms with Gasteiger partial charge in [0.1, 0.15) is 11.6 Å². The number of benzene rings is 1. The summed E-state index contributed by atoms with van der Waals surface area (Å²) in [5, 5.41) is 4.06. The Morgan fingerprint density at radius 3 is 2.84 bits per heavy atom. The first-order chi connectivity index (χ1) is 9.02. The fourth-order valence-electron chi connectivity index (χ4n) is 1.91. The second-order valence-electron chi connectivity index (χ2n) is 4.27. The van der Waals surface area contributed by atoms with Crippen molar-refractivity contribution in [3.05, 3.63) is 45.8 Å². The van der Waals surface area contributed by atoms with Gasteiger partial charge in [-0.25, -0.2) is 4.39 Å². The SMILES string of the molecule is Cn1ncc(C(Cc2cc(Br)ccc2F)NN)c1N. The second kappa shape index (κ2) is 5.68. The number of nitrogens with one attached hydrogen (secondary N) is 1. The molecular weight excluding hydrogens is 313 g/mol. The molecule has 0 saturated carbocycles. The Balaban J connectivity index is 2.29. The molecular formula is C12H15BrFN5. The molecule has 19 heavy (non-hydrogen) atoms. The molecule has 2 aromatic rings. The number of halogens is 2. The Hall–Kier alpha value is -1.44. The molecule has 1 heterocycles. The van der Waals surface area contributed by atoms with Crippen molar-refractivity contribution in [2.24, 2.45) is 12.9 Å². The first-order valence-electron chi connectivity index (χ1n) is 5.70. The summed E-state index contributed by atoms with van der Waals surface area (Å²) in [4.78, 5) is 0. The standard InChI is InChI=1S/C12H15BrFN5/c1-19-12(15)9(6-17-19)11(18-16)5-7-4-8(13)2-3-10(7)14/h2-4,6,11,18H,5,15-16H2,1H3. The van der Waals surface area contributed by atoms with Crippen LogP contribution in [0, 0.1) is 5.82 Å². The summed E-state index contributed by atoms with van der Waals surface area (Å²) in [6.45, 7) is 0. The zero-order chi connectivity index (χ0) is 14.0. The molecule has 1 atom stereocenters. The highest BCUT2D eigenvalue weighted by Gasteiger charge is 2.18. The Labute approximate surface area is 118 Å². The highest BCUT2D eigenvalue weighted by atomic mass is 79.9. The molecule has 0 spiro atoms. The number of nitrogens with zero attached hydrogens (tertiary/aromatic N) is 2. The average molecular weight is 328 g/mol. The van der Waals surface area contributed by atoms with Gasteiger partial charge < -0.3 is 5.73 Å². The van der Waals surface area contributed by atoms with Crippen molar-refractivity contribution in [1.29, 1.82) is 0 Å². The second-order valence-corrected chi connectivity index (χ2v) is 5.18. The predicted molar refractivity (Wildman–Crippen MR) is 75.5 cm³/mol. The monoisotopic (exact) mass is 327 g/mol. The Morgan fingerprint density at radius 2 is 2.26 bits per heavy atom. The minimum Gasteiger partial charge on any atom is -0.384 e. The molecule has 0 fully saturated rings. The molecule has 5 N–H and O–H groups in total. The van der Waals surface area contributed by atoms with E-state index in [1.54, 1.807) is 30.1 Å². The van der Waals surface area contributed by atoms with Gasteiger partial charge in [-0.2, -0.15) is 5.10 Å². The first kappa shape index (κ1) is 14.0. The lowest BCUT2D eigenvalue weighted by atomic mass is 10.0. The number of hydrogen-bond donors (Lipinski definition) is 3. The summed E-state index contributed by atoms with van der Waals surface area (Å²) < 4.78 is 16.1. The third kappa shape index (κ3) is 2.94. The zero-order valence-corrected chi connectivity index (χ0v) is 12.0. The van der Waals surface area contributed by atoms with Crippen LogP contribution in [0.1, 0.15) is 17.2 Å². The molecule has 2 rings (SSSR count). The maximum atomic E-state index is 13.7. The summed E-state index contributed by atoms with van der Waals surface area (Å²) in [7, 11) is 1.74. The van der Waals surface area contributed by atoms with Gasteiger partial charge in [0.2, 0.25) is 0 Å². The zero-order valence-electron chi connectivity index (χ0n) is 10.4. The van der Waals surface area contributed by atoms with Crippen molar-refractivity contribution in [2.45, 2.75) is 12.5 Å². The van der Waals surface area contributed by atoms with Gasteiger partial charge in [0.25, 0.3) is 0 Å². The molecule has 7 heteroatoms. The van der Waals surface area contributed by atoms with Crippen LogP contribution in [0.5, 0.6) is 0 Å². The largest absolute Gasteiger partial charge is 0.384 e. The number of hydrogen-bond acceptors (Lipinski definition) is 4. The number of hydrazine groups is 1. The van der Waals surface area contributed by atoms with Crippen molar-refractivity contribution in [3.8, 4) is 0 Å². The van der Waals surface area contributed by atoms with Crippen LogP contribution in [-0.2, 0) is 13.5 Å². The van der Waals surface area contributed by atoms with Crippen LogP contribution < -0.4 is 17.0 Å². The Kier molecular flexibility index (Phi) is 4.18. The van der Waals surface area contributed by atoms with Crippen LogP contribution in [-0.4, -0.2) is 9.78 Å². The van der Waals surface area contributed by atoms with Crippen molar-refractivity contribution in [1.82, 2.24) is 15.2 Å². The summed E-state index contributed by atoms with van der Waals surface area (Å²) in [6, 6.07) is 4.51. The number of aromatic nitrogens is 2. The predicted octanol–water partition coefficient (Wildman–Crippen LogP) is 1.65. The summed E-state index contributed by atoms with van der Waals surface area (Å²) in [6.07, 6.45) is 2.02. The Morgan fingerprint density at radius 1 is 1.53 bits per heavy atom. The lowest BCUT2D eigenvalue weighted by molar-refractivity contribution is 0.530. The van der Waals surface area contributed by atoms with Crippen molar-refractivity contribution in [3.63, 3.8) is 0 Å². The van der Waals surface area contributed by atoms with Crippen molar-refractivity contribution >= 4 is 21.7 Å². The molecule has 0 aliphatic rings. The van der Waals surface area contributed by atoms with Crippen LogP contribution in [0.25, 0.3) is 0 Å². The van der Waals surface area contributed by atoms with E-state index in [4.69, 9.17) is 11.6 Å². The van der Waals surface area contributed by atoms with Gasteiger partial charge in [-0.15, -0.1) is 0 Å². The summed E-state index contributed by atoms with van der Waals surface area (Å²) >= 11 is 3.32. The summed E-state index contributed by atoms with van der Waals surface area (Å²) in [5.74, 6) is 5.78. The van der Waals surface area contributed by atoms with Gasteiger partial charge in [-0.05, 0) is 30.2 Å². The third-order valence-electron chi connectivity index (χ3n) is 3.02. The van der Waals surface area contributed by atoms with E-state index in [0.29, 0.717) is 17.8 Å². The van der Waals surface area contributed by atoms with Gasteiger partial charge >= 0.3 is 0 Å². The number of nitrogens with two attached hydrogens (primary N) is 2. The minimum atomic E-state index is -0.294. The van der Waals surface area contributed by atoms with Crippen LogP contribution in [0.3, 0.4) is 0 Å². The highest BCUT2D eigenvalue weighted by molar-refractivity contribution is 9.10. The smallest absolute Gasteiger partial charge is 0.126 e. The van der Waals surface area contributed by atoms with E-state index in [1.165, 1.54) is 6.07 Å². The quantitative estimate of drug-likeness (QED) is 0.589. The molecule has 0 bridgehead atoms. The normalized spacial score (nSPS) is 12.6.